The molecule has 0 saturated heterocycles. The van der Waals surface area contributed by atoms with Crippen LogP contribution in [0, 0.1) is 0 Å². The number of rotatable bonds is 0. The molecule has 0 spiro atoms. The minimum atomic E-state index is 0.174. The van der Waals surface area contributed by atoms with E-state index in [9.17, 15) is 0 Å². The molecule has 1 aliphatic heterocycles. The van der Waals surface area contributed by atoms with Crippen molar-refractivity contribution in [1.82, 2.24) is 4.90 Å². The van der Waals surface area contributed by atoms with E-state index in [0.29, 0.717) is 6.61 Å². The van der Waals surface area contributed by atoms with E-state index in [1.54, 1.807) is 6.34 Å². The molecule has 3 nitrogen and oxygen atoms in total. The summed E-state index contributed by atoms with van der Waals surface area (Å²) in [5, 5.41) is 3.73. The fourth-order valence-electron chi connectivity index (χ4n) is 0.848. The van der Waals surface area contributed by atoms with Crippen molar-refractivity contribution in [3.8, 4) is 0 Å². The third kappa shape index (κ3) is 1.62. The molecule has 0 aromatic carbocycles. The maximum Gasteiger partial charge on any atom is 0.134 e. The van der Waals surface area contributed by atoms with Gasteiger partial charge in [0, 0.05) is 5.54 Å². The lowest BCUT2D eigenvalue weighted by atomic mass is 10.1. The van der Waals surface area contributed by atoms with E-state index >= 15 is 0 Å². The Morgan fingerprint density at radius 1 is 1.50 bits per heavy atom. The Kier molecular flexibility index (Phi) is 1.83. The number of hydrogen-bond donors (Lipinski definition) is 0. The first-order chi connectivity index (χ1) is 4.61. The largest absolute Gasteiger partial charge is 0.393 e. The van der Waals surface area contributed by atoms with Crippen LogP contribution in [0.3, 0.4) is 0 Å². The van der Waals surface area contributed by atoms with Crippen LogP contribution < -0.4 is 0 Å². The van der Waals surface area contributed by atoms with Gasteiger partial charge in [-0.25, -0.2) is 0 Å². The van der Waals surface area contributed by atoms with Gasteiger partial charge in [0.25, 0.3) is 0 Å². The van der Waals surface area contributed by atoms with E-state index < -0.39 is 0 Å². The first kappa shape index (κ1) is 7.38. The second-order valence-corrected chi connectivity index (χ2v) is 3.42. The molecule has 0 amide bonds. The Hall–Kier alpha value is -0.730. The summed E-state index contributed by atoms with van der Waals surface area (Å²) in [6, 6.07) is 0. The summed E-state index contributed by atoms with van der Waals surface area (Å²) in [5.74, 6) is 0. The van der Waals surface area contributed by atoms with Crippen LogP contribution in [0.25, 0.3) is 0 Å². The van der Waals surface area contributed by atoms with Crippen LogP contribution in [0.2, 0.25) is 0 Å². The topological polar surface area (TPSA) is 24.8 Å². The molecule has 1 rings (SSSR count). The van der Waals surface area contributed by atoms with E-state index in [2.05, 4.69) is 30.8 Å². The van der Waals surface area contributed by atoms with Gasteiger partial charge in [-0.2, -0.15) is 0 Å². The maximum atomic E-state index is 4.82. The van der Waals surface area contributed by atoms with Crippen molar-refractivity contribution >= 4 is 6.34 Å². The van der Waals surface area contributed by atoms with Gasteiger partial charge in [-0.05, 0) is 20.8 Å². The molecule has 0 aliphatic carbocycles. The fourth-order valence-corrected chi connectivity index (χ4v) is 0.848. The van der Waals surface area contributed by atoms with Crippen molar-refractivity contribution in [3.05, 3.63) is 0 Å². The van der Waals surface area contributed by atoms with Crippen LogP contribution >= 0.6 is 0 Å². The Balaban J connectivity index is 2.55. The van der Waals surface area contributed by atoms with Crippen molar-refractivity contribution in [2.45, 2.75) is 26.3 Å². The lowest BCUT2D eigenvalue weighted by Gasteiger charge is -2.34. The Bertz CT molecular complexity index is 137. The lowest BCUT2D eigenvalue weighted by molar-refractivity contribution is 0.0798. The number of oxime groups is 1. The molecule has 0 bridgehead atoms. The average molecular weight is 142 g/mol. The van der Waals surface area contributed by atoms with Crippen molar-refractivity contribution < 1.29 is 4.84 Å². The molecule has 0 aromatic rings. The summed E-state index contributed by atoms with van der Waals surface area (Å²) < 4.78 is 0. The zero-order valence-electron chi connectivity index (χ0n) is 6.79. The van der Waals surface area contributed by atoms with Crippen LogP contribution in [0.5, 0.6) is 0 Å². The van der Waals surface area contributed by atoms with Gasteiger partial charge in [0.15, 0.2) is 0 Å². The zero-order valence-corrected chi connectivity index (χ0v) is 6.79. The maximum absolute atomic E-state index is 4.82. The minimum Gasteiger partial charge on any atom is -0.393 e. The molecule has 0 fully saturated rings. The van der Waals surface area contributed by atoms with Crippen molar-refractivity contribution in [1.29, 1.82) is 0 Å². The highest BCUT2D eigenvalue weighted by Gasteiger charge is 2.19. The molecule has 3 heteroatoms. The molecule has 0 N–H and O–H groups in total. The van der Waals surface area contributed by atoms with Gasteiger partial charge in [0.1, 0.15) is 12.9 Å². The smallest absolute Gasteiger partial charge is 0.134 e. The second kappa shape index (κ2) is 2.48. The second-order valence-electron chi connectivity index (χ2n) is 3.42. The van der Waals surface area contributed by atoms with E-state index in [1.165, 1.54) is 0 Å². The zero-order chi connectivity index (χ0) is 7.61. The summed E-state index contributed by atoms with van der Waals surface area (Å²) in [5.41, 5.74) is 0.174. The highest BCUT2D eigenvalue weighted by Crippen LogP contribution is 2.11. The number of nitrogens with zero attached hydrogens (tertiary/aromatic N) is 2. The molecular formula is C7H14N2O. The summed E-state index contributed by atoms with van der Waals surface area (Å²) in [4.78, 5) is 6.99. The van der Waals surface area contributed by atoms with Gasteiger partial charge in [-0.3, -0.25) is 0 Å². The van der Waals surface area contributed by atoms with Crippen LogP contribution in [-0.4, -0.2) is 29.9 Å². The monoisotopic (exact) mass is 142 g/mol. The van der Waals surface area contributed by atoms with Crippen LogP contribution in [-0.2, 0) is 4.84 Å². The molecule has 0 atom stereocenters. The number of hydrogen-bond acceptors (Lipinski definition) is 3. The third-order valence-electron chi connectivity index (χ3n) is 1.55. The molecule has 0 unspecified atom stereocenters. The van der Waals surface area contributed by atoms with E-state index in [0.717, 1.165) is 6.54 Å². The van der Waals surface area contributed by atoms with Gasteiger partial charge in [0.2, 0.25) is 0 Å². The molecule has 10 heavy (non-hydrogen) atoms. The average Bonchev–Trinajstić information content (AvgIpc) is 1.88. The highest BCUT2D eigenvalue weighted by atomic mass is 16.6. The minimum absolute atomic E-state index is 0.174. The molecule has 1 aliphatic rings. The predicted molar refractivity (Wildman–Crippen MR) is 40.9 cm³/mol. The fraction of sp³-hybridized carbons (Fsp3) is 0.857. The van der Waals surface area contributed by atoms with Crippen LogP contribution in [0.4, 0.5) is 0 Å². The van der Waals surface area contributed by atoms with Crippen LogP contribution in [0.15, 0.2) is 5.16 Å². The van der Waals surface area contributed by atoms with Gasteiger partial charge in [0.05, 0.1) is 6.54 Å². The molecule has 0 saturated carbocycles. The molecule has 1 heterocycles. The quantitative estimate of drug-likeness (QED) is 0.505. The molecule has 0 radical (unpaired) electrons. The molecule has 0 aromatic heterocycles. The summed E-state index contributed by atoms with van der Waals surface area (Å²) in [6.45, 7) is 8.11. The van der Waals surface area contributed by atoms with Crippen molar-refractivity contribution in [2.24, 2.45) is 5.16 Å². The Morgan fingerprint density at radius 2 is 2.20 bits per heavy atom. The van der Waals surface area contributed by atoms with E-state index in [1.807, 2.05) is 0 Å². The first-order valence-corrected chi connectivity index (χ1v) is 3.53. The van der Waals surface area contributed by atoms with Crippen molar-refractivity contribution in [3.63, 3.8) is 0 Å². The van der Waals surface area contributed by atoms with Crippen molar-refractivity contribution in [2.75, 3.05) is 13.2 Å². The van der Waals surface area contributed by atoms with E-state index in [4.69, 9.17) is 4.84 Å². The first-order valence-electron chi connectivity index (χ1n) is 3.53. The predicted octanol–water partition coefficient (Wildman–Crippen LogP) is 1.06. The van der Waals surface area contributed by atoms with E-state index in [-0.39, 0.29) is 5.54 Å². The summed E-state index contributed by atoms with van der Waals surface area (Å²) in [6.07, 6.45) is 1.75. The molecular weight excluding hydrogens is 128 g/mol. The van der Waals surface area contributed by atoms with Crippen LogP contribution in [0.1, 0.15) is 20.8 Å². The molecule has 58 valence electrons. The summed E-state index contributed by atoms with van der Waals surface area (Å²) >= 11 is 0. The summed E-state index contributed by atoms with van der Waals surface area (Å²) in [7, 11) is 0. The van der Waals surface area contributed by atoms with Gasteiger partial charge >= 0.3 is 0 Å². The standard InChI is InChI=1S/C7H14N2O/c1-7(2,3)9-4-5-10-8-6-9/h6H,4-5H2,1-3H3. The Morgan fingerprint density at radius 3 is 2.50 bits per heavy atom. The Labute approximate surface area is 61.6 Å². The highest BCUT2D eigenvalue weighted by molar-refractivity contribution is 5.55. The normalized spacial score (nSPS) is 18.9. The lowest BCUT2D eigenvalue weighted by Crippen LogP contribution is -2.43. The van der Waals surface area contributed by atoms with Gasteiger partial charge in [-0.1, -0.05) is 5.16 Å². The van der Waals surface area contributed by atoms with Gasteiger partial charge in [-0.15, -0.1) is 0 Å². The third-order valence-corrected chi connectivity index (χ3v) is 1.55. The van der Waals surface area contributed by atoms with Gasteiger partial charge < -0.3 is 9.74 Å². The SMILES string of the molecule is CC(C)(C)N1C=NOCC1.